The van der Waals surface area contributed by atoms with E-state index in [9.17, 15) is 19.7 Å². The molecule has 4 rings (SSSR count). The molecular weight excluding hydrogens is 418 g/mol. The summed E-state index contributed by atoms with van der Waals surface area (Å²) in [5.74, 6) is -0.501. The second-order valence-corrected chi connectivity index (χ2v) is 8.41. The van der Waals surface area contributed by atoms with Crippen LogP contribution in [0.3, 0.4) is 0 Å². The molecule has 1 aromatic heterocycles. The zero-order valence-electron chi connectivity index (χ0n) is 16.9. The first-order valence-corrected chi connectivity index (χ1v) is 10.4. The first kappa shape index (κ1) is 20.6. The molecule has 1 atom stereocenters. The smallest absolute Gasteiger partial charge is 0.272 e. The number of aryl methyl sites for hydroxylation is 2. The van der Waals surface area contributed by atoms with E-state index >= 15 is 0 Å². The molecule has 0 radical (unpaired) electrons. The lowest BCUT2D eigenvalue weighted by Crippen LogP contribution is -2.24. The van der Waals surface area contributed by atoms with E-state index in [4.69, 9.17) is 0 Å². The predicted molar refractivity (Wildman–Crippen MR) is 117 cm³/mol. The van der Waals surface area contributed by atoms with Crippen LogP contribution in [-0.4, -0.2) is 33.5 Å². The van der Waals surface area contributed by atoms with Gasteiger partial charge in [0.2, 0.25) is 11.0 Å². The Morgan fingerprint density at radius 2 is 1.94 bits per heavy atom. The molecule has 2 heterocycles. The zero-order valence-corrected chi connectivity index (χ0v) is 17.7. The molecule has 1 saturated heterocycles. The molecule has 1 aliphatic rings. The Hall–Kier alpha value is -3.66. The SMILES string of the molecule is Cc1ccc(N2CC(c3nnc(NC(=O)c4ccc([N+](=O)[O-])c(C)c4)s3)CC2=O)cc1. The van der Waals surface area contributed by atoms with Crippen molar-refractivity contribution in [3.63, 3.8) is 0 Å². The van der Waals surface area contributed by atoms with Gasteiger partial charge in [-0.3, -0.25) is 25.0 Å². The van der Waals surface area contributed by atoms with E-state index in [0.717, 1.165) is 11.3 Å². The molecule has 10 heteroatoms. The largest absolute Gasteiger partial charge is 0.312 e. The number of carbonyl (C=O) groups excluding carboxylic acids is 2. The Kier molecular flexibility index (Phi) is 5.47. The Morgan fingerprint density at radius 1 is 1.19 bits per heavy atom. The summed E-state index contributed by atoms with van der Waals surface area (Å²) in [5.41, 5.74) is 2.63. The van der Waals surface area contributed by atoms with Crippen LogP contribution in [0.1, 0.15) is 38.8 Å². The van der Waals surface area contributed by atoms with Crippen LogP contribution >= 0.6 is 11.3 Å². The number of rotatable bonds is 5. The van der Waals surface area contributed by atoms with Crippen LogP contribution in [-0.2, 0) is 4.79 Å². The van der Waals surface area contributed by atoms with Gasteiger partial charge >= 0.3 is 0 Å². The molecule has 158 valence electrons. The minimum atomic E-state index is -0.489. The van der Waals surface area contributed by atoms with Crippen LogP contribution < -0.4 is 10.2 Å². The number of nitrogens with zero attached hydrogens (tertiary/aromatic N) is 4. The Morgan fingerprint density at radius 3 is 2.61 bits per heavy atom. The Bertz CT molecular complexity index is 1170. The van der Waals surface area contributed by atoms with Crippen molar-refractivity contribution in [1.29, 1.82) is 0 Å². The van der Waals surface area contributed by atoms with Crippen molar-refractivity contribution in [3.8, 4) is 0 Å². The second kappa shape index (κ2) is 8.23. The van der Waals surface area contributed by atoms with Gasteiger partial charge in [0.05, 0.1) is 4.92 Å². The number of amides is 2. The van der Waals surface area contributed by atoms with Crippen LogP contribution in [0.15, 0.2) is 42.5 Å². The van der Waals surface area contributed by atoms with Crippen molar-refractivity contribution < 1.29 is 14.5 Å². The normalized spacial score (nSPS) is 15.9. The molecule has 2 amide bonds. The van der Waals surface area contributed by atoms with Crippen LogP contribution in [0.25, 0.3) is 0 Å². The summed E-state index contributed by atoms with van der Waals surface area (Å²) in [6, 6.07) is 11.9. The van der Waals surface area contributed by atoms with Gasteiger partial charge in [0.1, 0.15) is 5.01 Å². The minimum Gasteiger partial charge on any atom is -0.312 e. The first-order valence-electron chi connectivity index (χ1n) is 9.58. The summed E-state index contributed by atoms with van der Waals surface area (Å²) in [7, 11) is 0. The maximum absolute atomic E-state index is 12.5. The molecule has 3 aromatic rings. The quantitative estimate of drug-likeness (QED) is 0.479. The maximum atomic E-state index is 12.5. The Labute approximate surface area is 181 Å². The van der Waals surface area contributed by atoms with Crippen LogP contribution in [0, 0.1) is 24.0 Å². The summed E-state index contributed by atoms with van der Waals surface area (Å²) < 4.78 is 0. The molecule has 1 unspecified atom stereocenters. The van der Waals surface area contributed by atoms with Crippen molar-refractivity contribution in [2.75, 3.05) is 16.8 Å². The molecule has 0 saturated carbocycles. The fourth-order valence-electron chi connectivity index (χ4n) is 3.47. The number of nitro benzene ring substituents is 1. The van der Waals surface area contributed by atoms with Gasteiger partial charge in [-0.25, -0.2) is 0 Å². The second-order valence-electron chi connectivity index (χ2n) is 7.40. The number of nitrogens with one attached hydrogen (secondary N) is 1. The number of anilines is 2. The van der Waals surface area contributed by atoms with Gasteiger partial charge in [-0.05, 0) is 38.1 Å². The van der Waals surface area contributed by atoms with Crippen molar-refractivity contribution in [2.24, 2.45) is 0 Å². The number of benzene rings is 2. The zero-order chi connectivity index (χ0) is 22.1. The lowest BCUT2D eigenvalue weighted by molar-refractivity contribution is -0.385. The summed E-state index contributed by atoms with van der Waals surface area (Å²) >= 11 is 1.23. The number of hydrogen-bond acceptors (Lipinski definition) is 7. The van der Waals surface area contributed by atoms with Crippen molar-refractivity contribution in [2.45, 2.75) is 26.2 Å². The van der Waals surface area contributed by atoms with Crippen molar-refractivity contribution >= 4 is 39.7 Å². The average molecular weight is 437 g/mol. The third-order valence-electron chi connectivity index (χ3n) is 5.14. The monoisotopic (exact) mass is 437 g/mol. The molecule has 9 nitrogen and oxygen atoms in total. The van der Waals surface area contributed by atoms with Crippen molar-refractivity contribution in [1.82, 2.24) is 10.2 Å². The highest BCUT2D eigenvalue weighted by Crippen LogP contribution is 2.34. The highest BCUT2D eigenvalue weighted by molar-refractivity contribution is 7.15. The fourth-order valence-corrected chi connectivity index (χ4v) is 4.30. The third-order valence-corrected chi connectivity index (χ3v) is 6.14. The van der Waals surface area contributed by atoms with Gasteiger partial charge in [0.25, 0.3) is 11.6 Å². The summed E-state index contributed by atoms with van der Waals surface area (Å²) in [6.07, 6.45) is 0.331. The highest BCUT2D eigenvalue weighted by atomic mass is 32.1. The van der Waals surface area contributed by atoms with Gasteiger partial charge < -0.3 is 4.90 Å². The summed E-state index contributed by atoms with van der Waals surface area (Å²) in [6.45, 7) is 4.08. The minimum absolute atomic E-state index is 0.0241. The molecule has 0 bridgehead atoms. The van der Waals surface area contributed by atoms with Crippen LogP contribution in [0.5, 0.6) is 0 Å². The van der Waals surface area contributed by atoms with Gasteiger partial charge in [-0.2, -0.15) is 0 Å². The van der Waals surface area contributed by atoms with Crippen LogP contribution in [0.2, 0.25) is 0 Å². The van der Waals surface area contributed by atoms with E-state index in [1.165, 1.54) is 29.5 Å². The summed E-state index contributed by atoms with van der Waals surface area (Å²) in [4.78, 5) is 37.2. The van der Waals surface area contributed by atoms with E-state index in [-0.39, 0.29) is 17.5 Å². The lowest BCUT2D eigenvalue weighted by atomic mass is 10.1. The number of nitro groups is 1. The number of hydrogen-bond donors (Lipinski definition) is 1. The first-order chi connectivity index (χ1) is 14.8. The van der Waals surface area contributed by atoms with E-state index in [1.54, 1.807) is 11.8 Å². The summed E-state index contributed by atoms with van der Waals surface area (Å²) in [5, 5.41) is 22.8. The maximum Gasteiger partial charge on any atom is 0.272 e. The molecular formula is C21H19N5O4S. The van der Waals surface area contributed by atoms with E-state index in [0.29, 0.717) is 34.2 Å². The molecule has 1 N–H and O–H groups in total. The highest BCUT2D eigenvalue weighted by Gasteiger charge is 2.34. The Balaban J connectivity index is 1.44. The predicted octanol–water partition coefficient (Wildman–Crippen LogP) is 3.84. The van der Waals surface area contributed by atoms with Crippen molar-refractivity contribution in [3.05, 3.63) is 74.3 Å². The molecule has 0 spiro atoms. The number of aromatic nitrogens is 2. The van der Waals surface area contributed by atoms with E-state index in [1.807, 2.05) is 31.2 Å². The molecule has 0 aliphatic carbocycles. The van der Waals surface area contributed by atoms with E-state index in [2.05, 4.69) is 15.5 Å². The van der Waals surface area contributed by atoms with E-state index < -0.39 is 10.8 Å². The average Bonchev–Trinajstić information content (AvgIpc) is 3.35. The standard InChI is InChI=1S/C21H19N5O4S/c1-12-3-6-16(7-4-12)25-11-15(10-18(25)27)20-23-24-21(31-20)22-19(28)14-5-8-17(26(29)30)13(2)9-14/h3-9,15H,10-11H2,1-2H3,(H,22,24,28). The molecule has 31 heavy (non-hydrogen) atoms. The van der Waals surface area contributed by atoms with Gasteiger partial charge in [-0.15, -0.1) is 10.2 Å². The van der Waals surface area contributed by atoms with Crippen LogP contribution in [0.4, 0.5) is 16.5 Å². The molecule has 1 fully saturated rings. The fraction of sp³-hybridized carbons (Fsp3) is 0.238. The molecule has 2 aromatic carbocycles. The van der Waals surface area contributed by atoms with Gasteiger partial charge in [0.15, 0.2) is 0 Å². The topological polar surface area (TPSA) is 118 Å². The lowest BCUT2D eigenvalue weighted by Gasteiger charge is -2.16. The third kappa shape index (κ3) is 4.29. The molecule has 1 aliphatic heterocycles. The van der Waals surface area contributed by atoms with Gasteiger partial charge in [0, 0.05) is 41.8 Å². The number of carbonyl (C=O) groups is 2. The van der Waals surface area contributed by atoms with Gasteiger partial charge in [-0.1, -0.05) is 29.0 Å².